The lowest BCUT2D eigenvalue weighted by molar-refractivity contribution is -0.141. The van der Waals surface area contributed by atoms with E-state index in [4.69, 9.17) is 9.84 Å². The van der Waals surface area contributed by atoms with Crippen molar-refractivity contribution in [1.82, 2.24) is 9.80 Å². The number of amides is 2. The van der Waals surface area contributed by atoms with Crippen LogP contribution in [0.15, 0.2) is 30.3 Å². The van der Waals surface area contributed by atoms with Crippen molar-refractivity contribution >= 4 is 23.8 Å². The molecular weight excluding hydrogens is 352 g/mol. The zero-order chi connectivity index (χ0) is 20.6. The van der Waals surface area contributed by atoms with Crippen LogP contribution >= 0.6 is 0 Å². The van der Waals surface area contributed by atoms with Crippen LogP contribution in [0.25, 0.3) is 0 Å². The Morgan fingerprint density at radius 3 is 2.04 bits per heavy atom. The summed E-state index contributed by atoms with van der Waals surface area (Å²) in [6.07, 6.45) is -0.902. The molecule has 0 aliphatic rings. The summed E-state index contributed by atoms with van der Waals surface area (Å²) in [5.74, 6) is -2.03. The van der Waals surface area contributed by atoms with Gasteiger partial charge in [-0.25, -0.2) is 4.79 Å². The number of carboxylic acids is 1. The summed E-state index contributed by atoms with van der Waals surface area (Å²) >= 11 is 0. The number of hydrogen-bond donors (Lipinski definition) is 1. The molecule has 0 saturated heterocycles. The molecule has 0 saturated carbocycles. The third kappa shape index (κ3) is 8.84. The number of carbonyl (C=O) groups excluding carboxylic acids is 3. The van der Waals surface area contributed by atoms with E-state index in [1.807, 2.05) is 30.3 Å². The first-order valence-corrected chi connectivity index (χ1v) is 8.49. The second-order valence-corrected chi connectivity index (χ2v) is 7.17. The average molecular weight is 378 g/mol. The highest BCUT2D eigenvalue weighted by atomic mass is 16.6. The highest BCUT2D eigenvalue weighted by Gasteiger charge is 2.28. The minimum atomic E-state index is -1.27. The van der Waals surface area contributed by atoms with E-state index in [0.717, 1.165) is 10.5 Å². The predicted octanol–water partition coefficient (Wildman–Crippen LogP) is 1.93. The van der Waals surface area contributed by atoms with E-state index in [1.165, 1.54) is 11.8 Å². The number of ketones is 1. The summed E-state index contributed by atoms with van der Waals surface area (Å²) < 4.78 is 5.17. The smallest absolute Gasteiger partial charge is 0.411 e. The number of carbonyl (C=O) groups is 4. The molecule has 0 heterocycles. The Balaban J connectivity index is 2.93. The van der Waals surface area contributed by atoms with Crippen molar-refractivity contribution in [2.75, 3.05) is 19.6 Å². The van der Waals surface area contributed by atoms with Gasteiger partial charge < -0.3 is 14.7 Å². The zero-order valence-electron chi connectivity index (χ0n) is 16.1. The molecule has 1 rings (SSSR count). The second kappa shape index (κ2) is 9.70. The van der Waals surface area contributed by atoms with Crippen molar-refractivity contribution in [3.8, 4) is 0 Å². The Kier molecular flexibility index (Phi) is 7.96. The van der Waals surface area contributed by atoms with Gasteiger partial charge in [-0.2, -0.15) is 0 Å². The quantitative estimate of drug-likeness (QED) is 0.741. The average Bonchev–Trinajstić information content (AvgIpc) is 2.52. The third-order valence-electron chi connectivity index (χ3n) is 3.29. The van der Waals surface area contributed by atoms with Gasteiger partial charge in [-0.15, -0.1) is 0 Å². The molecule has 27 heavy (non-hydrogen) atoms. The molecule has 1 N–H and O–H groups in total. The molecule has 0 spiro atoms. The van der Waals surface area contributed by atoms with Crippen molar-refractivity contribution in [2.24, 2.45) is 0 Å². The molecule has 0 atom stereocenters. The first-order valence-electron chi connectivity index (χ1n) is 8.49. The lowest BCUT2D eigenvalue weighted by Crippen LogP contribution is -2.47. The zero-order valence-corrected chi connectivity index (χ0v) is 16.1. The molecule has 0 bridgehead atoms. The first kappa shape index (κ1) is 22.1. The number of nitrogens with zero attached hydrogens (tertiary/aromatic N) is 2. The van der Waals surface area contributed by atoms with Gasteiger partial charge >= 0.3 is 12.1 Å². The lowest BCUT2D eigenvalue weighted by atomic mass is 10.2. The van der Waals surface area contributed by atoms with Gasteiger partial charge in [-0.3, -0.25) is 19.3 Å². The van der Waals surface area contributed by atoms with Crippen molar-refractivity contribution in [1.29, 1.82) is 0 Å². The van der Waals surface area contributed by atoms with E-state index in [9.17, 15) is 19.2 Å². The van der Waals surface area contributed by atoms with Crippen LogP contribution in [0.4, 0.5) is 4.79 Å². The van der Waals surface area contributed by atoms with Gasteiger partial charge in [-0.05, 0) is 33.3 Å². The number of hydrogen-bond acceptors (Lipinski definition) is 5. The lowest BCUT2D eigenvalue weighted by Gasteiger charge is -2.28. The molecule has 2 amide bonds. The van der Waals surface area contributed by atoms with Crippen LogP contribution in [-0.4, -0.2) is 63.9 Å². The molecule has 1 aromatic carbocycles. The molecule has 0 aliphatic carbocycles. The van der Waals surface area contributed by atoms with Crippen LogP contribution < -0.4 is 0 Å². The number of aliphatic carboxylic acids is 1. The molecule has 0 radical (unpaired) electrons. The molecule has 8 heteroatoms. The molecule has 148 valence electrons. The normalized spacial score (nSPS) is 10.8. The maximum Gasteiger partial charge on any atom is 0.411 e. The van der Waals surface area contributed by atoms with E-state index in [-0.39, 0.29) is 18.9 Å². The Morgan fingerprint density at radius 1 is 0.963 bits per heavy atom. The number of rotatable bonds is 8. The monoisotopic (exact) mass is 378 g/mol. The molecule has 0 aromatic heterocycles. The van der Waals surface area contributed by atoms with E-state index in [1.54, 1.807) is 20.8 Å². The summed E-state index contributed by atoms with van der Waals surface area (Å²) in [5.41, 5.74) is -0.0193. The summed E-state index contributed by atoms with van der Waals surface area (Å²) in [5, 5.41) is 9.03. The molecule has 1 aromatic rings. The second-order valence-electron chi connectivity index (χ2n) is 7.17. The molecule has 0 unspecified atom stereocenters. The van der Waals surface area contributed by atoms with Crippen LogP contribution in [0.3, 0.4) is 0 Å². The Hall–Kier alpha value is -2.90. The SMILES string of the molecule is CC(=O)CN(Cc1ccccc1)C(=O)CN(CC(=O)O)C(=O)OC(C)(C)C. The van der Waals surface area contributed by atoms with Gasteiger partial charge in [-0.1, -0.05) is 30.3 Å². The van der Waals surface area contributed by atoms with Gasteiger partial charge in [0.2, 0.25) is 5.91 Å². The number of carboxylic acid groups (broad SMARTS) is 1. The maximum absolute atomic E-state index is 12.7. The topological polar surface area (TPSA) is 104 Å². The van der Waals surface area contributed by atoms with Gasteiger partial charge in [0.15, 0.2) is 0 Å². The molecule has 0 fully saturated rings. The largest absolute Gasteiger partial charge is 0.480 e. The number of benzene rings is 1. The standard InChI is InChI=1S/C19H26N2O6/c1-14(22)10-20(11-15-8-6-5-7-9-15)16(23)12-21(13-17(24)25)18(26)27-19(2,3)4/h5-9H,10-13H2,1-4H3,(H,24,25). The van der Waals surface area contributed by atoms with Gasteiger partial charge in [0.25, 0.3) is 0 Å². The summed E-state index contributed by atoms with van der Waals surface area (Å²) in [4.78, 5) is 49.6. The fourth-order valence-electron chi connectivity index (χ4n) is 2.24. The fraction of sp³-hybridized carbons (Fsp3) is 0.474. The summed E-state index contributed by atoms with van der Waals surface area (Å²) in [6, 6.07) is 9.07. The highest BCUT2D eigenvalue weighted by Crippen LogP contribution is 2.11. The van der Waals surface area contributed by atoms with Crippen LogP contribution in [0.1, 0.15) is 33.3 Å². The summed E-state index contributed by atoms with van der Waals surface area (Å²) in [7, 11) is 0. The molecule has 0 aliphatic heterocycles. The highest BCUT2D eigenvalue weighted by molar-refractivity contribution is 5.88. The Morgan fingerprint density at radius 2 is 1.56 bits per heavy atom. The van der Waals surface area contributed by atoms with Crippen molar-refractivity contribution in [2.45, 2.75) is 39.8 Å². The van der Waals surface area contributed by atoms with E-state index in [0.29, 0.717) is 0 Å². The minimum Gasteiger partial charge on any atom is -0.480 e. The van der Waals surface area contributed by atoms with Crippen LogP contribution in [0.2, 0.25) is 0 Å². The van der Waals surface area contributed by atoms with Gasteiger partial charge in [0.05, 0.1) is 6.54 Å². The van der Waals surface area contributed by atoms with Crippen LogP contribution in [-0.2, 0) is 25.7 Å². The molecule has 8 nitrogen and oxygen atoms in total. The van der Waals surface area contributed by atoms with Crippen molar-refractivity contribution in [3.63, 3.8) is 0 Å². The van der Waals surface area contributed by atoms with Crippen LogP contribution in [0, 0.1) is 0 Å². The van der Waals surface area contributed by atoms with Gasteiger partial charge in [0.1, 0.15) is 24.5 Å². The van der Waals surface area contributed by atoms with E-state index < -0.39 is 36.7 Å². The minimum absolute atomic E-state index is 0.136. The van der Waals surface area contributed by atoms with Crippen LogP contribution in [0.5, 0.6) is 0 Å². The maximum atomic E-state index is 12.7. The van der Waals surface area contributed by atoms with Gasteiger partial charge in [0, 0.05) is 6.54 Å². The van der Waals surface area contributed by atoms with Crippen molar-refractivity contribution < 1.29 is 29.0 Å². The van der Waals surface area contributed by atoms with E-state index >= 15 is 0 Å². The van der Waals surface area contributed by atoms with E-state index in [2.05, 4.69) is 0 Å². The number of Topliss-reactive ketones (excluding diaryl/α,β-unsaturated/α-hetero) is 1. The summed E-state index contributed by atoms with van der Waals surface area (Å²) in [6.45, 7) is 5.14. The number of ether oxygens (including phenoxy) is 1. The Bertz CT molecular complexity index is 681. The fourth-order valence-corrected chi connectivity index (χ4v) is 2.24. The predicted molar refractivity (Wildman–Crippen MR) is 98.0 cm³/mol. The third-order valence-corrected chi connectivity index (χ3v) is 3.29. The Labute approximate surface area is 158 Å². The first-order chi connectivity index (χ1) is 12.5. The van der Waals surface area contributed by atoms with Crippen molar-refractivity contribution in [3.05, 3.63) is 35.9 Å². The molecular formula is C19H26N2O6.